The van der Waals surface area contributed by atoms with Gasteiger partial charge in [0.2, 0.25) is 0 Å². The number of ether oxygens (including phenoxy) is 1. The van der Waals surface area contributed by atoms with Gasteiger partial charge >= 0.3 is 5.97 Å². The zero-order valence-corrected chi connectivity index (χ0v) is 22.3. The van der Waals surface area contributed by atoms with Crippen LogP contribution in [0.5, 0.6) is 5.75 Å². The molecule has 1 fully saturated rings. The average Bonchev–Trinajstić information content (AvgIpc) is 3.36. The van der Waals surface area contributed by atoms with Gasteiger partial charge in [0.25, 0.3) is 10.0 Å². The molecule has 1 atom stereocenters. The van der Waals surface area contributed by atoms with Gasteiger partial charge in [-0.05, 0) is 62.8 Å². The summed E-state index contributed by atoms with van der Waals surface area (Å²) < 4.78 is 47.5. The van der Waals surface area contributed by atoms with Crippen molar-refractivity contribution in [1.29, 1.82) is 0 Å². The van der Waals surface area contributed by atoms with E-state index in [1.165, 1.54) is 55.9 Å². The van der Waals surface area contributed by atoms with Crippen molar-refractivity contribution in [3.8, 4) is 5.75 Å². The molecule has 36 heavy (non-hydrogen) atoms. The molecule has 4 rings (SSSR count). The van der Waals surface area contributed by atoms with Crippen molar-refractivity contribution >= 4 is 33.0 Å². The van der Waals surface area contributed by atoms with Gasteiger partial charge in [-0.15, -0.1) is 11.3 Å². The lowest BCUT2D eigenvalue weighted by molar-refractivity contribution is 0.0691. The molecule has 0 aliphatic heterocycles. The molecule has 10 heteroatoms. The van der Waals surface area contributed by atoms with E-state index in [-0.39, 0.29) is 22.4 Å². The highest BCUT2D eigenvalue weighted by Crippen LogP contribution is 2.43. The summed E-state index contributed by atoms with van der Waals surface area (Å²) in [4.78, 5) is 15.6. The molecule has 7 nitrogen and oxygen atoms in total. The smallest absolute Gasteiger partial charge is 0.338 e. The number of carboxylic acids is 1. The highest BCUT2D eigenvalue weighted by atomic mass is 32.2. The van der Waals surface area contributed by atoms with Crippen molar-refractivity contribution in [1.82, 2.24) is 4.98 Å². The minimum Gasteiger partial charge on any atom is -0.495 e. The van der Waals surface area contributed by atoms with Gasteiger partial charge in [-0.2, -0.15) is 8.42 Å². The number of carbonyl (C=O) groups is 1. The first kappa shape index (κ1) is 26.6. The molecule has 0 spiro atoms. The second-order valence-corrected chi connectivity index (χ2v) is 12.2. The van der Waals surface area contributed by atoms with E-state index in [1.807, 2.05) is 0 Å². The van der Waals surface area contributed by atoms with Crippen LogP contribution in [-0.4, -0.2) is 31.6 Å². The number of benzene rings is 1. The van der Waals surface area contributed by atoms with E-state index in [4.69, 9.17) is 9.84 Å². The van der Waals surface area contributed by atoms with Gasteiger partial charge in [0.1, 0.15) is 11.6 Å². The Bertz CT molecular complexity index is 1230. The maximum Gasteiger partial charge on any atom is 0.338 e. The number of aromatic nitrogens is 1. The first-order valence-electron chi connectivity index (χ1n) is 12.5. The van der Waals surface area contributed by atoms with Crippen molar-refractivity contribution in [3.63, 3.8) is 0 Å². The molecule has 0 unspecified atom stereocenters. The molecule has 0 saturated heterocycles. The highest BCUT2D eigenvalue weighted by Gasteiger charge is 2.30. The third-order valence-electron chi connectivity index (χ3n) is 7.39. The number of halogens is 1. The third kappa shape index (κ3) is 5.91. The van der Waals surface area contributed by atoms with E-state index in [2.05, 4.69) is 22.7 Å². The number of thiazole rings is 1. The highest BCUT2D eigenvalue weighted by molar-refractivity contribution is 7.92. The van der Waals surface area contributed by atoms with Gasteiger partial charge < -0.3 is 9.84 Å². The van der Waals surface area contributed by atoms with Gasteiger partial charge in [-0.25, -0.2) is 14.2 Å². The fourth-order valence-corrected chi connectivity index (χ4v) is 7.74. The van der Waals surface area contributed by atoms with Crippen LogP contribution in [-0.2, 0) is 10.0 Å². The van der Waals surface area contributed by atoms with Crippen molar-refractivity contribution in [3.05, 3.63) is 45.6 Å². The second kappa shape index (κ2) is 11.3. The zero-order valence-electron chi connectivity index (χ0n) is 20.6. The van der Waals surface area contributed by atoms with Crippen LogP contribution < -0.4 is 9.46 Å². The number of aromatic carboxylic acids is 1. The molecule has 0 radical (unpaired) electrons. The summed E-state index contributed by atoms with van der Waals surface area (Å²) >= 11 is 1.33. The summed E-state index contributed by atoms with van der Waals surface area (Å²) in [7, 11) is -2.85. The molecular formula is C26H33FN2O5S2. The number of hydrogen-bond acceptors (Lipinski definition) is 6. The van der Waals surface area contributed by atoms with Crippen LogP contribution in [0.25, 0.3) is 0 Å². The number of rotatable bonds is 9. The minimum absolute atomic E-state index is 0.0933. The summed E-state index contributed by atoms with van der Waals surface area (Å²) in [5.41, 5.74) is 0.825. The second-order valence-electron chi connectivity index (χ2n) is 9.72. The van der Waals surface area contributed by atoms with Gasteiger partial charge in [-0.1, -0.05) is 31.4 Å². The maximum absolute atomic E-state index is 14.2. The van der Waals surface area contributed by atoms with Crippen LogP contribution in [0, 0.1) is 17.7 Å². The fourth-order valence-electron chi connectivity index (χ4n) is 5.41. The van der Waals surface area contributed by atoms with E-state index in [9.17, 15) is 17.6 Å². The Kier molecular flexibility index (Phi) is 8.34. The Labute approximate surface area is 215 Å². The van der Waals surface area contributed by atoms with Gasteiger partial charge in [0, 0.05) is 17.4 Å². The van der Waals surface area contributed by atoms with Gasteiger partial charge in [0.15, 0.2) is 5.03 Å². The molecule has 2 N–H and O–H groups in total. The Hall–Kier alpha value is -2.46. The zero-order chi connectivity index (χ0) is 25.9. The summed E-state index contributed by atoms with van der Waals surface area (Å²) in [6, 6.07) is 1.75. The lowest BCUT2D eigenvalue weighted by Crippen LogP contribution is -2.18. The number of nitrogens with zero attached hydrogens (tertiary/aromatic N) is 1. The van der Waals surface area contributed by atoms with Crippen LogP contribution in [0.3, 0.4) is 0 Å². The van der Waals surface area contributed by atoms with Crippen molar-refractivity contribution in [2.75, 3.05) is 11.8 Å². The third-order valence-corrected chi connectivity index (χ3v) is 9.80. The lowest BCUT2D eigenvalue weighted by atomic mass is 9.74. The molecule has 1 heterocycles. The predicted molar refractivity (Wildman–Crippen MR) is 138 cm³/mol. The van der Waals surface area contributed by atoms with E-state index in [0.717, 1.165) is 48.7 Å². The van der Waals surface area contributed by atoms with E-state index < -0.39 is 27.4 Å². The van der Waals surface area contributed by atoms with Gasteiger partial charge in [0.05, 0.1) is 23.4 Å². The SMILES string of the molecule is CCC[C@@H]1CC=C([C@H]2CC[C@H](c3nc(S(=O)(=O)Nc4cc(F)c(C(=O)O)cc4OC)cs3)CC2)CC1. The van der Waals surface area contributed by atoms with E-state index in [0.29, 0.717) is 5.92 Å². The molecule has 1 aromatic heterocycles. The summed E-state index contributed by atoms with van der Waals surface area (Å²) in [6.45, 7) is 2.25. The van der Waals surface area contributed by atoms with Crippen LogP contribution in [0.1, 0.15) is 86.0 Å². The number of sulfonamides is 1. The van der Waals surface area contributed by atoms with Crippen LogP contribution in [0.15, 0.2) is 34.2 Å². The topological polar surface area (TPSA) is 106 Å². The van der Waals surface area contributed by atoms with Crippen molar-refractivity contribution in [2.24, 2.45) is 11.8 Å². The fraction of sp³-hybridized carbons (Fsp3) is 0.538. The predicted octanol–water partition coefficient (Wildman–Crippen LogP) is 6.59. The monoisotopic (exact) mass is 536 g/mol. The number of methoxy groups -OCH3 is 1. The number of carboxylic acid groups (broad SMARTS) is 1. The molecule has 0 bridgehead atoms. The quantitative estimate of drug-likeness (QED) is 0.350. The summed E-state index contributed by atoms with van der Waals surface area (Å²) in [6.07, 6.45) is 12.9. The molecule has 2 aromatic rings. The normalized spacial score (nSPS) is 22.6. The molecule has 1 aromatic carbocycles. The first-order valence-corrected chi connectivity index (χ1v) is 14.9. The molecular weight excluding hydrogens is 503 g/mol. The van der Waals surface area contributed by atoms with E-state index >= 15 is 0 Å². The standard InChI is InChI=1S/C26H33FN2O5S2/c1-3-4-16-5-7-17(8-6-16)18-9-11-19(12-10-18)25-28-24(15-35-25)36(32,33)29-22-14-21(27)20(26(30)31)13-23(22)34-2/h7,13-16,18-19,29H,3-6,8-12H2,1-2H3,(H,30,31)/t16-,18-,19-/m1/s1. The molecule has 1 saturated carbocycles. The number of allylic oxidation sites excluding steroid dienone is 2. The molecule has 2 aliphatic rings. The Morgan fingerprint density at radius 3 is 2.56 bits per heavy atom. The summed E-state index contributed by atoms with van der Waals surface area (Å²) in [5, 5.41) is 11.3. The summed E-state index contributed by atoms with van der Waals surface area (Å²) in [5.74, 6) is -0.931. The maximum atomic E-state index is 14.2. The largest absolute Gasteiger partial charge is 0.495 e. The molecule has 2 aliphatic carbocycles. The average molecular weight is 537 g/mol. The Morgan fingerprint density at radius 2 is 1.94 bits per heavy atom. The van der Waals surface area contributed by atoms with E-state index in [1.54, 1.807) is 5.57 Å². The first-order chi connectivity index (χ1) is 17.2. The minimum atomic E-state index is -4.11. The van der Waals surface area contributed by atoms with Gasteiger partial charge in [-0.3, -0.25) is 4.72 Å². The van der Waals surface area contributed by atoms with Crippen LogP contribution >= 0.6 is 11.3 Å². The molecule has 0 amide bonds. The number of hydrogen-bond donors (Lipinski definition) is 2. The van der Waals surface area contributed by atoms with Crippen molar-refractivity contribution in [2.45, 2.75) is 75.7 Å². The number of nitrogens with one attached hydrogen (secondary N) is 1. The van der Waals surface area contributed by atoms with Crippen LogP contribution in [0.4, 0.5) is 10.1 Å². The van der Waals surface area contributed by atoms with Crippen molar-refractivity contribution < 1.29 is 27.4 Å². The molecule has 196 valence electrons. The Morgan fingerprint density at radius 1 is 1.22 bits per heavy atom. The number of anilines is 1. The lowest BCUT2D eigenvalue weighted by Gasteiger charge is -2.32. The Balaban J connectivity index is 1.41. The van der Waals surface area contributed by atoms with Crippen LogP contribution in [0.2, 0.25) is 0 Å².